The molecule has 0 spiro atoms. The molecule has 0 aliphatic heterocycles. The molecule has 2 nitrogen and oxygen atoms in total. The van der Waals surface area contributed by atoms with Crippen LogP contribution in [0.3, 0.4) is 0 Å². The summed E-state index contributed by atoms with van der Waals surface area (Å²) in [6.07, 6.45) is 0.0120. The zero-order chi connectivity index (χ0) is 15.8. The zero-order valence-electron chi connectivity index (χ0n) is 14.0. The Morgan fingerprint density at radius 2 is 1.55 bits per heavy atom. The Labute approximate surface area is 134 Å². The van der Waals surface area contributed by atoms with E-state index in [1.54, 1.807) is 0 Å². The molecule has 2 aromatic carbocycles. The number of benzene rings is 2. The summed E-state index contributed by atoms with van der Waals surface area (Å²) >= 11 is 0. The van der Waals surface area contributed by atoms with Crippen molar-refractivity contribution in [3.63, 3.8) is 0 Å². The molecular weight excluding hydrogens is 270 g/mol. The predicted molar refractivity (Wildman–Crippen MR) is 93.2 cm³/mol. The van der Waals surface area contributed by atoms with Crippen LogP contribution in [0.1, 0.15) is 36.6 Å². The molecule has 2 rings (SSSR count). The van der Waals surface area contributed by atoms with Crippen molar-refractivity contribution in [1.82, 2.24) is 4.90 Å². The topological polar surface area (TPSA) is 12.5 Å². The number of rotatable bonds is 8. The minimum Gasteiger partial charge on any atom is -0.367 e. The van der Waals surface area contributed by atoms with Crippen LogP contribution in [0.5, 0.6) is 0 Å². The van der Waals surface area contributed by atoms with Gasteiger partial charge < -0.3 is 9.64 Å². The van der Waals surface area contributed by atoms with Gasteiger partial charge in [0.15, 0.2) is 0 Å². The lowest BCUT2D eigenvalue weighted by atomic mass is 9.97. The van der Waals surface area contributed by atoms with E-state index < -0.39 is 0 Å². The fraction of sp³-hybridized carbons (Fsp3) is 0.400. The van der Waals surface area contributed by atoms with Crippen LogP contribution >= 0.6 is 0 Å². The summed E-state index contributed by atoms with van der Waals surface area (Å²) in [5.74, 6) is 0. The van der Waals surface area contributed by atoms with Gasteiger partial charge in [-0.2, -0.15) is 0 Å². The number of hydrogen-bond donors (Lipinski definition) is 0. The SMILES string of the molecule is CCN(CC)CCO[C@@H](c1ccccc1)c1ccccc1C. The van der Waals surface area contributed by atoms with Gasteiger partial charge in [-0.15, -0.1) is 0 Å². The van der Waals surface area contributed by atoms with Crippen LogP contribution in [-0.4, -0.2) is 31.1 Å². The zero-order valence-corrected chi connectivity index (χ0v) is 14.0. The van der Waals surface area contributed by atoms with E-state index in [-0.39, 0.29) is 6.10 Å². The molecule has 118 valence electrons. The Morgan fingerprint density at radius 3 is 2.18 bits per heavy atom. The molecule has 0 unspecified atom stereocenters. The Hall–Kier alpha value is -1.64. The van der Waals surface area contributed by atoms with Crippen LogP contribution in [0.15, 0.2) is 54.6 Å². The first-order chi connectivity index (χ1) is 10.8. The maximum Gasteiger partial charge on any atom is 0.108 e. The average molecular weight is 297 g/mol. The molecule has 0 radical (unpaired) electrons. The van der Waals surface area contributed by atoms with E-state index in [1.807, 2.05) is 6.07 Å². The van der Waals surface area contributed by atoms with E-state index in [0.29, 0.717) is 0 Å². The smallest absolute Gasteiger partial charge is 0.108 e. The maximum atomic E-state index is 6.29. The first-order valence-electron chi connectivity index (χ1n) is 8.20. The quantitative estimate of drug-likeness (QED) is 0.714. The van der Waals surface area contributed by atoms with Gasteiger partial charge in [0.05, 0.1) is 6.61 Å². The Bertz CT molecular complexity index is 549. The van der Waals surface area contributed by atoms with Crippen LogP contribution < -0.4 is 0 Å². The lowest BCUT2D eigenvalue weighted by Gasteiger charge is -2.23. The first-order valence-corrected chi connectivity index (χ1v) is 8.20. The molecule has 0 saturated carbocycles. The van der Waals surface area contributed by atoms with E-state index in [4.69, 9.17) is 4.74 Å². The van der Waals surface area contributed by atoms with E-state index >= 15 is 0 Å². The summed E-state index contributed by atoms with van der Waals surface area (Å²) in [5, 5.41) is 0. The lowest BCUT2D eigenvalue weighted by Crippen LogP contribution is -2.27. The summed E-state index contributed by atoms with van der Waals surface area (Å²) in [6, 6.07) is 19.0. The van der Waals surface area contributed by atoms with Crippen LogP contribution in [0.4, 0.5) is 0 Å². The van der Waals surface area contributed by atoms with Gasteiger partial charge in [0, 0.05) is 6.54 Å². The number of aryl methyl sites for hydroxylation is 1. The second-order valence-corrected chi connectivity index (χ2v) is 5.54. The molecule has 0 aromatic heterocycles. The van der Waals surface area contributed by atoms with Crippen molar-refractivity contribution in [3.05, 3.63) is 71.3 Å². The number of nitrogens with zero attached hydrogens (tertiary/aromatic N) is 1. The molecule has 2 aromatic rings. The maximum absolute atomic E-state index is 6.29. The Morgan fingerprint density at radius 1 is 0.909 bits per heavy atom. The second kappa shape index (κ2) is 8.72. The van der Waals surface area contributed by atoms with Gasteiger partial charge in [-0.25, -0.2) is 0 Å². The highest BCUT2D eigenvalue weighted by atomic mass is 16.5. The van der Waals surface area contributed by atoms with Crippen LogP contribution in [0.2, 0.25) is 0 Å². The summed E-state index contributed by atoms with van der Waals surface area (Å²) in [6.45, 7) is 10.4. The molecule has 0 aliphatic rings. The molecule has 0 fully saturated rings. The van der Waals surface area contributed by atoms with Crippen LogP contribution in [0, 0.1) is 6.92 Å². The van der Waals surface area contributed by atoms with Crippen molar-refractivity contribution >= 4 is 0 Å². The van der Waals surface area contributed by atoms with Gasteiger partial charge in [-0.05, 0) is 36.7 Å². The lowest BCUT2D eigenvalue weighted by molar-refractivity contribution is 0.0615. The third-order valence-electron chi connectivity index (χ3n) is 4.16. The predicted octanol–water partition coefficient (Wildman–Crippen LogP) is 4.44. The molecule has 0 saturated heterocycles. The minimum atomic E-state index is 0.0120. The molecule has 1 atom stereocenters. The van der Waals surface area contributed by atoms with E-state index in [9.17, 15) is 0 Å². The number of likely N-dealkylation sites (N-methyl/N-ethyl adjacent to an activating group) is 1. The molecular formula is C20H27NO. The standard InChI is InChI=1S/C20H27NO/c1-4-21(5-2)15-16-22-20(18-12-7-6-8-13-18)19-14-10-9-11-17(19)3/h6-14,20H,4-5,15-16H2,1-3H3/t20-/m0/s1. The third kappa shape index (κ3) is 4.43. The highest BCUT2D eigenvalue weighted by Gasteiger charge is 2.16. The van der Waals surface area contributed by atoms with Crippen molar-refractivity contribution in [2.75, 3.05) is 26.2 Å². The van der Waals surface area contributed by atoms with E-state index in [1.165, 1.54) is 16.7 Å². The third-order valence-corrected chi connectivity index (χ3v) is 4.16. The van der Waals surface area contributed by atoms with E-state index in [0.717, 1.165) is 26.2 Å². The van der Waals surface area contributed by atoms with Crippen molar-refractivity contribution in [3.8, 4) is 0 Å². The molecule has 0 N–H and O–H groups in total. The highest BCUT2D eigenvalue weighted by molar-refractivity contribution is 5.35. The van der Waals surface area contributed by atoms with Crippen molar-refractivity contribution < 1.29 is 4.74 Å². The largest absolute Gasteiger partial charge is 0.367 e. The Balaban J connectivity index is 2.15. The van der Waals surface area contributed by atoms with Crippen molar-refractivity contribution in [2.24, 2.45) is 0 Å². The van der Waals surface area contributed by atoms with Gasteiger partial charge in [-0.1, -0.05) is 68.4 Å². The monoisotopic (exact) mass is 297 g/mol. The summed E-state index contributed by atoms with van der Waals surface area (Å²) in [4.78, 5) is 2.39. The summed E-state index contributed by atoms with van der Waals surface area (Å²) in [7, 11) is 0. The van der Waals surface area contributed by atoms with Crippen molar-refractivity contribution in [2.45, 2.75) is 26.9 Å². The Kier molecular flexibility index (Phi) is 6.63. The van der Waals surface area contributed by atoms with Gasteiger partial charge in [0.25, 0.3) is 0 Å². The number of hydrogen-bond acceptors (Lipinski definition) is 2. The molecule has 22 heavy (non-hydrogen) atoms. The molecule has 0 bridgehead atoms. The minimum absolute atomic E-state index is 0.0120. The fourth-order valence-electron chi connectivity index (χ4n) is 2.71. The van der Waals surface area contributed by atoms with Gasteiger partial charge >= 0.3 is 0 Å². The second-order valence-electron chi connectivity index (χ2n) is 5.54. The normalized spacial score (nSPS) is 12.5. The fourth-order valence-corrected chi connectivity index (χ4v) is 2.71. The number of ether oxygens (including phenoxy) is 1. The van der Waals surface area contributed by atoms with Crippen molar-refractivity contribution in [1.29, 1.82) is 0 Å². The van der Waals surface area contributed by atoms with Crippen LogP contribution in [-0.2, 0) is 4.74 Å². The first kappa shape index (κ1) is 16.7. The van der Waals surface area contributed by atoms with Gasteiger partial charge in [0.2, 0.25) is 0 Å². The molecule has 0 amide bonds. The summed E-state index contributed by atoms with van der Waals surface area (Å²) < 4.78 is 6.29. The average Bonchev–Trinajstić information content (AvgIpc) is 2.57. The molecule has 0 heterocycles. The summed E-state index contributed by atoms with van der Waals surface area (Å²) in [5.41, 5.74) is 3.75. The molecule has 2 heteroatoms. The van der Waals surface area contributed by atoms with Gasteiger partial charge in [0.1, 0.15) is 6.10 Å². The molecule has 0 aliphatic carbocycles. The highest BCUT2D eigenvalue weighted by Crippen LogP contribution is 2.28. The van der Waals surface area contributed by atoms with Gasteiger partial charge in [-0.3, -0.25) is 0 Å². The van der Waals surface area contributed by atoms with E-state index in [2.05, 4.69) is 74.2 Å². The van der Waals surface area contributed by atoms with Crippen LogP contribution in [0.25, 0.3) is 0 Å².